The van der Waals surface area contributed by atoms with E-state index in [-0.39, 0.29) is 11.4 Å². The van der Waals surface area contributed by atoms with Gasteiger partial charge in [0.2, 0.25) is 10.0 Å². The van der Waals surface area contributed by atoms with Gasteiger partial charge in [0, 0.05) is 14.1 Å². The molecule has 0 radical (unpaired) electrons. The SMILES string of the molecule is CNc1ccccc1S(=O)(=O)NCc1nncn1C. The third-order valence-electron chi connectivity index (χ3n) is 2.67. The fourth-order valence-electron chi connectivity index (χ4n) is 1.61. The minimum Gasteiger partial charge on any atom is -0.387 e. The molecule has 0 atom stereocenters. The van der Waals surface area contributed by atoms with Crippen LogP contribution in [0.15, 0.2) is 35.5 Å². The van der Waals surface area contributed by atoms with Crippen molar-refractivity contribution in [1.82, 2.24) is 19.5 Å². The van der Waals surface area contributed by atoms with Gasteiger partial charge in [-0.25, -0.2) is 13.1 Å². The average Bonchev–Trinajstić information content (AvgIpc) is 2.82. The summed E-state index contributed by atoms with van der Waals surface area (Å²) in [6.45, 7) is 0.0941. The van der Waals surface area contributed by atoms with Gasteiger partial charge >= 0.3 is 0 Å². The average molecular weight is 281 g/mol. The molecule has 0 spiro atoms. The van der Waals surface area contributed by atoms with E-state index in [0.717, 1.165) is 0 Å². The molecule has 1 aromatic heterocycles. The summed E-state index contributed by atoms with van der Waals surface area (Å²) in [5, 5.41) is 10.4. The normalized spacial score (nSPS) is 11.5. The highest BCUT2D eigenvalue weighted by Gasteiger charge is 2.18. The number of aryl methyl sites for hydroxylation is 1. The van der Waals surface area contributed by atoms with Crippen molar-refractivity contribution in [1.29, 1.82) is 0 Å². The van der Waals surface area contributed by atoms with Crippen LogP contribution < -0.4 is 10.0 Å². The van der Waals surface area contributed by atoms with Crippen molar-refractivity contribution in [2.24, 2.45) is 7.05 Å². The van der Waals surface area contributed by atoms with Gasteiger partial charge in [-0.1, -0.05) is 12.1 Å². The lowest BCUT2D eigenvalue weighted by atomic mass is 10.3. The molecule has 2 aromatic rings. The molecule has 0 aliphatic rings. The van der Waals surface area contributed by atoms with Crippen LogP contribution in [0.5, 0.6) is 0 Å². The third kappa shape index (κ3) is 2.91. The molecule has 102 valence electrons. The van der Waals surface area contributed by atoms with Crippen LogP contribution in [0, 0.1) is 0 Å². The van der Waals surface area contributed by atoms with Gasteiger partial charge in [0.05, 0.1) is 12.2 Å². The maximum atomic E-state index is 12.2. The second-order valence-corrected chi connectivity index (χ2v) is 5.66. The zero-order chi connectivity index (χ0) is 13.9. The number of rotatable bonds is 5. The summed E-state index contributed by atoms with van der Waals surface area (Å²) in [4.78, 5) is 0.208. The molecule has 2 N–H and O–H groups in total. The molecular weight excluding hydrogens is 266 g/mol. The standard InChI is InChI=1S/C11H15N5O2S/c1-12-9-5-3-4-6-10(9)19(17,18)14-7-11-15-13-8-16(11)2/h3-6,8,12,14H,7H2,1-2H3. The monoisotopic (exact) mass is 281 g/mol. The summed E-state index contributed by atoms with van der Waals surface area (Å²) >= 11 is 0. The Morgan fingerprint density at radius 2 is 2.05 bits per heavy atom. The first-order chi connectivity index (χ1) is 9.04. The van der Waals surface area contributed by atoms with Crippen LogP contribution in [-0.4, -0.2) is 30.2 Å². The molecule has 8 heteroatoms. The molecule has 2 rings (SSSR count). The van der Waals surface area contributed by atoms with Crippen molar-refractivity contribution < 1.29 is 8.42 Å². The second-order valence-electron chi connectivity index (χ2n) is 3.93. The molecule has 0 bridgehead atoms. The van der Waals surface area contributed by atoms with E-state index < -0.39 is 10.0 Å². The Morgan fingerprint density at radius 1 is 1.32 bits per heavy atom. The second kappa shape index (κ2) is 5.37. The quantitative estimate of drug-likeness (QED) is 0.824. The Kier molecular flexibility index (Phi) is 3.82. The lowest BCUT2D eigenvalue weighted by Crippen LogP contribution is -2.25. The van der Waals surface area contributed by atoms with Crippen LogP contribution in [0.2, 0.25) is 0 Å². The Labute approximate surface area is 111 Å². The van der Waals surface area contributed by atoms with Crippen molar-refractivity contribution in [2.75, 3.05) is 12.4 Å². The fraction of sp³-hybridized carbons (Fsp3) is 0.273. The predicted molar refractivity (Wildman–Crippen MR) is 71.0 cm³/mol. The van der Waals surface area contributed by atoms with Crippen LogP contribution in [0.3, 0.4) is 0 Å². The van der Waals surface area contributed by atoms with E-state index in [9.17, 15) is 8.42 Å². The molecule has 0 saturated heterocycles. The smallest absolute Gasteiger partial charge is 0.243 e. The summed E-state index contributed by atoms with van der Waals surface area (Å²) < 4.78 is 28.6. The van der Waals surface area contributed by atoms with E-state index >= 15 is 0 Å². The molecule has 7 nitrogen and oxygen atoms in total. The van der Waals surface area contributed by atoms with Crippen molar-refractivity contribution in [2.45, 2.75) is 11.4 Å². The van der Waals surface area contributed by atoms with E-state index in [1.807, 2.05) is 0 Å². The fourth-order valence-corrected chi connectivity index (χ4v) is 2.80. The van der Waals surface area contributed by atoms with Gasteiger partial charge in [-0.3, -0.25) is 0 Å². The van der Waals surface area contributed by atoms with Crippen molar-refractivity contribution in [3.63, 3.8) is 0 Å². The molecule has 0 aliphatic heterocycles. The number of hydrogen-bond acceptors (Lipinski definition) is 5. The molecule has 19 heavy (non-hydrogen) atoms. The first kappa shape index (κ1) is 13.5. The topological polar surface area (TPSA) is 88.9 Å². The lowest BCUT2D eigenvalue weighted by molar-refractivity contribution is 0.577. The maximum Gasteiger partial charge on any atom is 0.243 e. The largest absolute Gasteiger partial charge is 0.387 e. The van der Waals surface area contributed by atoms with Gasteiger partial charge in [0.25, 0.3) is 0 Å². The molecule has 0 unspecified atom stereocenters. The highest BCUT2D eigenvalue weighted by atomic mass is 32.2. The molecule has 0 saturated carbocycles. The summed E-state index contributed by atoms with van der Waals surface area (Å²) in [5.41, 5.74) is 0.549. The zero-order valence-corrected chi connectivity index (χ0v) is 11.5. The molecule has 0 amide bonds. The van der Waals surface area contributed by atoms with Crippen molar-refractivity contribution in [3.8, 4) is 0 Å². The first-order valence-corrected chi connectivity index (χ1v) is 7.12. The van der Waals surface area contributed by atoms with E-state index in [1.165, 1.54) is 6.33 Å². The minimum atomic E-state index is -3.59. The van der Waals surface area contributed by atoms with Gasteiger partial charge < -0.3 is 9.88 Å². The van der Waals surface area contributed by atoms with Crippen LogP contribution >= 0.6 is 0 Å². The summed E-state index contributed by atoms with van der Waals surface area (Å²) in [5.74, 6) is 0.547. The number of para-hydroxylation sites is 1. The first-order valence-electron chi connectivity index (χ1n) is 5.64. The van der Waals surface area contributed by atoms with Gasteiger partial charge in [0.15, 0.2) is 0 Å². The zero-order valence-electron chi connectivity index (χ0n) is 10.7. The Balaban J connectivity index is 2.21. The number of nitrogens with one attached hydrogen (secondary N) is 2. The van der Waals surface area contributed by atoms with Crippen LogP contribution in [-0.2, 0) is 23.6 Å². The minimum absolute atomic E-state index is 0.0941. The van der Waals surface area contributed by atoms with Crippen LogP contribution in [0.1, 0.15) is 5.82 Å². The van der Waals surface area contributed by atoms with E-state index in [1.54, 1.807) is 42.9 Å². The summed E-state index contributed by atoms with van der Waals surface area (Å²) in [7, 11) is -0.157. The highest BCUT2D eigenvalue weighted by molar-refractivity contribution is 7.89. The number of sulfonamides is 1. The van der Waals surface area contributed by atoms with Gasteiger partial charge in [0.1, 0.15) is 17.0 Å². The summed E-state index contributed by atoms with van der Waals surface area (Å²) in [6.07, 6.45) is 1.52. The predicted octanol–water partition coefficient (Wildman–Crippen LogP) is 0.335. The number of benzene rings is 1. The Hall–Kier alpha value is -1.93. The molecule has 0 aliphatic carbocycles. The molecule has 1 heterocycles. The number of anilines is 1. The molecule has 1 aromatic carbocycles. The third-order valence-corrected chi connectivity index (χ3v) is 4.13. The van der Waals surface area contributed by atoms with Gasteiger partial charge in [-0.15, -0.1) is 10.2 Å². The van der Waals surface area contributed by atoms with Crippen LogP contribution in [0.25, 0.3) is 0 Å². The van der Waals surface area contributed by atoms with E-state index in [0.29, 0.717) is 11.5 Å². The molecular formula is C11H15N5O2S. The van der Waals surface area contributed by atoms with Crippen molar-refractivity contribution in [3.05, 3.63) is 36.4 Å². The molecule has 0 fully saturated rings. The highest BCUT2D eigenvalue weighted by Crippen LogP contribution is 2.19. The number of nitrogens with zero attached hydrogens (tertiary/aromatic N) is 3. The maximum absolute atomic E-state index is 12.2. The van der Waals surface area contributed by atoms with Crippen molar-refractivity contribution >= 4 is 15.7 Å². The Morgan fingerprint density at radius 3 is 2.68 bits per heavy atom. The lowest BCUT2D eigenvalue weighted by Gasteiger charge is -2.10. The van der Waals surface area contributed by atoms with E-state index in [2.05, 4.69) is 20.2 Å². The van der Waals surface area contributed by atoms with Gasteiger partial charge in [-0.2, -0.15) is 0 Å². The van der Waals surface area contributed by atoms with E-state index in [4.69, 9.17) is 0 Å². The number of hydrogen-bond donors (Lipinski definition) is 2. The van der Waals surface area contributed by atoms with Crippen LogP contribution in [0.4, 0.5) is 5.69 Å². The summed E-state index contributed by atoms with van der Waals surface area (Å²) in [6, 6.07) is 6.70. The van der Waals surface area contributed by atoms with Gasteiger partial charge in [-0.05, 0) is 12.1 Å². The number of aromatic nitrogens is 3. The Bertz CT molecular complexity index is 665.